The van der Waals surface area contributed by atoms with Crippen LogP contribution in [0.15, 0.2) is 48.5 Å². The van der Waals surface area contributed by atoms with Crippen molar-refractivity contribution in [2.75, 3.05) is 11.9 Å². The lowest BCUT2D eigenvalue weighted by Gasteiger charge is -2.16. The number of amides is 2. The van der Waals surface area contributed by atoms with E-state index in [1.165, 1.54) is 6.42 Å². The maximum atomic E-state index is 12.9. The molecule has 7 nitrogen and oxygen atoms in total. The zero-order chi connectivity index (χ0) is 21.9. The largest absolute Gasteiger partial charge is 0.338 e. The molecular formula is C25H27N5O2. The molecule has 0 aliphatic carbocycles. The molecule has 2 aromatic carbocycles. The summed E-state index contributed by atoms with van der Waals surface area (Å²) in [6.45, 7) is 2.27. The fourth-order valence-corrected chi connectivity index (χ4v) is 4.54. The van der Waals surface area contributed by atoms with Crippen molar-refractivity contribution >= 4 is 17.5 Å². The molecule has 0 unspecified atom stereocenters. The van der Waals surface area contributed by atoms with Crippen LogP contribution in [0.4, 0.5) is 5.69 Å². The van der Waals surface area contributed by atoms with E-state index in [4.69, 9.17) is 0 Å². The van der Waals surface area contributed by atoms with Crippen molar-refractivity contribution in [2.24, 2.45) is 0 Å². The van der Waals surface area contributed by atoms with Crippen molar-refractivity contribution in [3.63, 3.8) is 0 Å². The number of aryl methyl sites for hydroxylation is 1. The van der Waals surface area contributed by atoms with Gasteiger partial charge in [0.15, 0.2) is 5.82 Å². The van der Waals surface area contributed by atoms with Crippen molar-refractivity contribution in [3.8, 4) is 11.4 Å². The predicted octanol–water partition coefficient (Wildman–Crippen LogP) is 4.05. The second-order valence-corrected chi connectivity index (χ2v) is 8.56. The summed E-state index contributed by atoms with van der Waals surface area (Å²) in [7, 11) is 0. The molecule has 1 fully saturated rings. The Hall–Kier alpha value is -3.48. The average Bonchev–Trinajstić information content (AvgIpc) is 3.32. The maximum Gasteiger partial charge on any atom is 0.255 e. The SMILES string of the molecule is O=C(Nc1cccc(-c2nnc3n2CCCCC3)c1)c1cccc(CN2CCCC2=O)c1. The van der Waals surface area contributed by atoms with Gasteiger partial charge in [-0.15, -0.1) is 10.2 Å². The normalized spacial score (nSPS) is 16.0. The molecule has 1 saturated heterocycles. The van der Waals surface area contributed by atoms with Gasteiger partial charge in [-0.05, 0) is 49.1 Å². The number of carbonyl (C=O) groups excluding carboxylic acids is 2. The van der Waals surface area contributed by atoms with Crippen molar-refractivity contribution in [1.82, 2.24) is 19.7 Å². The smallest absolute Gasteiger partial charge is 0.255 e. The third-order valence-corrected chi connectivity index (χ3v) is 6.22. The molecular weight excluding hydrogens is 402 g/mol. The van der Waals surface area contributed by atoms with Gasteiger partial charge in [0.25, 0.3) is 5.91 Å². The molecule has 0 saturated carbocycles. The minimum Gasteiger partial charge on any atom is -0.338 e. The molecule has 7 heteroatoms. The number of carbonyl (C=O) groups is 2. The summed E-state index contributed by atoms with van der Waals surface area (Å²) >= 11 is 0. The average molecular weight is 430 g/mol. The van der Waals surface area contributed by atoms with Crippen LogP contribution in [0.3, 0.4) is 0 Å². The molecule has 2 aliphatic rings. The lowest BCUT2D eigenvalue weighted by atomic mass is 10.1. The second kappa shape index (κ2) is 8.94. The molecule has 32 heavy (non-hydrogen) atoms. The third kappa shape index (κ3) is 4.28. The molecule has 2 aliphatic heterocycles. The molecule has 2 amide bonds. The van der Waals surface area contributed by atoms with E-state index in [0.717, 1.165) is 67.2 Å². The van der Waals surface area contributed by atoms with Crippen LogP contribution in [-0.4, -0.2) is 38.0 Å². The number of likely N-dealkylation sites (tertiary alicyclic amines) is 1. The summed E-state index contributed by atoms with van der Waals surface area (Å²) in [6.07, 6.45) is 5.98. The molecule has 0 radical (unpaired) electrons. The monoisotopic (exact) mass is 429 g/mol. The van der Waals surface area contributed by atoms with Gasteiger partial charge in [0, 0.05) is 49.3 Å². The van der Waals surface area contributed by atoms with Gasteiger partial charge in [-0.3, -0.25) is 9.59 Å². The summed E-state index contributed by atoms with van der Waals surface area (Å²) in [4.78, 5) is 26.7. The van der Waals surface area contributed by atoms with E-state index in [9.17, 15) is 9.59 Å². The van der Waals surface area contributed by atoms with E-state index in [-0.39, 0.29) is 11.8 Å². The number of fused-ring (bicyclic) bond motifs is 1. The third-order valence-electron chi connectivity index (χ3n) is 6.22. The Balaban J connectivity index is 1.32. The molecule has 164 valence electrons. The fourth-order valence-electron chi connectivity index (χ4n) is 4.54. The molecule has 3 heterocycles. The molecule has 3 aromatic rings. The van der Waals surface area contributed by atoms with Gasteiger partial charge in [0.1, 0.15) is 5.82 Å². The van der Waals surface area contributed by atoms with Crippen LogP contribution in [0.5, 0.6) is 0 Å². The Morgan fingerprint density at radius 1 is 0.938 bits per heavy atom. The molecule has 0 atom stereocenters. The minimum absolute atomic E-state index is 0.170. The highest BCUT2D eigenvalue weighted by Crippen LogP contribution is 2.25. The van der Waals surface area contributed by atoms with Gasteiger partial charge in [0.05, 0.1) is 0 Å². The number of nitrogens with zero attached hydrogens (tertiary/aromatic N) is 4. The number of anilines is 1. The first-order valence-electron chi connectivity index (χ1n) is 11.4. The Morgan fingerprint density at radius 2 is 1.84 bits per heavy atom. The summed E-state index contributed by atoms with van der Waals surface area (Å²) in [5.41, 5.74) is 3.21. The second-order valence-electron chi connectivity index (χ2n) is 8.56. The Morgan fingerprint density at radius 3 is 2.72 bits per heavy atom. The van der Waals surface area contributed by atoms with Gasteiger partial charge in [0.2, 0.25) is 5.91 Å². The highest BCUT2D eigenvalue weighted by Gasteiger charge is 2.20. The maximum absolute atomic E-state index is 12.9. The van der Waals surface area contributed by atoms with E-state index in [0.29, 0.717) is 18.5 Å². The topological polar surface area (TPSA) is 80.1 Å². The molecule has 1 aromatic heterocycles. The van der Waals surface area contributed by atoms with Gasteiger partial charge < -0.3 is 14.8 Å². The predicted molar refractivity (Wildman–Crippen MR) is 122 cm³/mol. The van der Waals surface area contributed by atoms with E-state index < -0.39 is 0 Å². The lowest BCUT2D eigenvalue weighted by Crippen LogP contribution is -2.24. The van der Waals surface area contributed by atoms with E-state index in [2.05, 4.69) is 20.1 Å². The molecule has 0 spiro atoms. The minimum atomic E-state index is -0.170. The van der Waals surface area contributed by atoms with Crippen LogP contribution in [-0.2, 0) is 24.3 Å². The molecule has 1 N–H and O–H groups in total. The number of hydrogen-bond acceptors (Lipinski definition) is 4. The summed E-state index contributed by atoms with van der Waals surface area (Å²) < 4.78 is 2.21. The molecule has 0 bridgehead atoms. The standard InChI is InChI=1S/C25H27N5O2/c31-23-12-6-13-29(23)17-18-7-4-9-20(15-18)25(32)26-21-10-5-8-19(16-21)24-28-27-22-11-2-1-3-14-30(22)24/h4-5,7-10,15-16H,1-3,6,11-14,17H2,(H,26,32). The highest BCUT2D eigenvalue weighted by molar-refractivity contribution is 6.04. The Bertz CT molecular complexity index is 1150. The summed E-state index contributed by atoms with van der Waals surface area (Å²) in [5, 5.41) is 11.8. The first-order chi connectivity index (χ1) is 15.7. The van der Waals surface area contributed by atoms with Gasteiger partial charge in [-0.1, -0.05) is 30.7 Å². The van der Waals surface area contributed by atoms with Crippen LogP contribution < -0.4 is 5.32 Å². The summed E-state index contributed by atoms with van der Waals surface area (Å²) in [5.74, 6) is 1.91. The highest BCUT2D eigenvalue weighted by atomic mass is 16.2. The van der Waals surface area contributed by atoms with E-state index >= 15 is 0 Å². The Kier molecular flexibility index (Phi) is 5.71. The zero-order valence-corrected chi connectivity index (χ0v) is 18.1. The quantitative estimate of drug-likeness (QED) is 0.664. The lowest BCUT2D eigenvalue weighted by molar-refractivity contribution is -0.128. The van der Waals surface area contributed by atoms with Crippen molar-refractivity contribution in [2.45, 2.75) is 51.6 Å². The van der Waals surface area contributed by atoms with E-state index in [1.807, 2.05) is 47.4 Å². The first-order valence-corrected chi connectivity index (χ1v) is 11.4. The number of benzene rings is 2. The number of nitrogens with one attached hydrogen (secondary N) is 1. The first kappa shape index (κ1) is 20.4. The van der Waals surface area contributed by atoms with Crippen molar-refractivity contribution in [3.05, 3.63) is 65.5 Å². The van der Waals surface area contributed by atoms with Crippen molar-refractivity contribution in [1.29, 1.82) is 0 Å². The number of rotatable bonds is 5. The number of aromatic nitrogens is 3. The van der Waals surface area contributed by atoms with Gasteiger partial charge in [-0.25, -0.2) is 0 Å². The van der Waals surface area contributed by atoms with Crippen LogP contribution in [0.1, 0.15) is 53.8 Å². The van der Waals surface area contributed by atoms with E-state index in [1.54, 1.807) is 6.07 Å². The molecule has 5 rings (SSSR count). The van der Waals surface area contributed by atoms with Crippen molar-refractivity contribution < 1.29 is 9.59 Å². The number of hydrogen-bond donors (Lipinski definition) is 1. The fraction of sp³-hybridized carbons (Fsp3) is 0.360. The van der Waals surface area contributed by atoms with Gasteiger partial charge >= 0.3 is 0 Å². The van der Waals surface area contributed by atoms with Gasteiger partial charge in [-0.2, -0.15) is 0 Å². The van der Waals surface area contributed by atoms with Crippen LogP contribution in [0, 0.1) is 0 Å². The summed E-state index contributed by atoms with van der Waals surface area (Å²) in [6, 6.07) is 15.3. The van der Waals surface area contributed by atoms with Crippen LogP contribution in [0.2, 0.25) is 0 Å². The van der Waals surface area contributed by atoms with Crippen LogP contribution >= 0.6 is 0 Å². The van der Waals surface area contributed by atoms with Crippen LogP contribution in [0.25, 0.3) is 11.4 Å². The zero-order valence-electron chi connectivity index (χ0n) is 18.1. The Labute approximate surface area is 187 Å².